The fourth-order valence-electron chi connectivity index (χ4n) is 5.23. The third-order valence-corrected chi connectivity index (χ3v) is 7.13. The number of hydrogen-bond acceptors (Lipinski definition) is 5. The molecule has 3 fully saturated rings. The zero-order valence-corrected chi connectivity index (χ0v) is 19.3. The van der Waals surface area contributed by atoms with E-state index < -0.39 is 11.8 Å². The number of ether oxygens (including phenoxy) is 2. The molecule has 0 aromatic heterocycles. The number of piperidine rings is 1. The molecule has 1 aliphatic carbocycles. The summed E-state index contributed by atoms with van der Waals surface area (Å²) < 4.78 is 11.4. The molecule has 0 N–H and O–H groups in total. The molecule has 0 bridgehead atoms. The highest BCUT2D eigenvalue weighted by atomic mass is 35.5. The Hall–Kier alpha value is -2.12. The average Bonchev–Trinajstić information content (AvgIpc) is 3.17. The Morgan fingerprint density at radius 1 is 1.16 bits per heavy atom. The van der Waals surface area contributed by atoms with Crippen molar-refractivity contribution in [1.82, 2.24) is 9.80 Å². The minimum absolute atomic E-state index is 0.106. The van der Waals surface area contributed by atoms with Gasteiger partial charge < -0.3 is 14.4 Å². The first kappa shape index (κ1) is 23.1. The highest BCUT2D eigenvalue weighted by molar-refractivity contribution is 6.31. The minimum atomic E-state index is -0.735. The second-order valence-electron chi connectivity index (χ2n) is 8.87. The van der Waals surface area contributed by atoms with Crippen molar-refractivity contribution in [1.29, 1.82) is 0 Å². The van der Waals surface area contributed by atoms with Crippen LogP contribution in [0.25, 0.3) is 0 Å². The number of halogens is 1. The lowest BCUT2D eigenvalue weighted by atomic mass is 9.89. The Bertz CT molecular complexity index is 862. The van der Waals surface area contributed by atoms with Crippen LogP contribution in [0.3, 0.4) is 0 Å². The maximum Gasteiger partial charge on any atom is 0.309 e. The van der Waals surface area contributed by atoms with Gasteiger partial charge in [-0.1, -0.05) is 24.1 Å². The highest BCUT2D eigenvalue weighted by Crippen LogP contribution is 2.42. The molecule has 3 aliphatic rings. The van der Waals surface area contributed by atoms with Crippen molar-refractivity contribution in [3.63, 3.8) is 0 Å². The first-order chi connectivity index (χ1) is 15.4. The molecule has 1 saturated carbocycles. The van der Waals surface area contributed by atoms with Crippen molar-refractivity contribution in [2.24, 2.45) is 5.92 Å². The largest absolute Gasteiger partial charge is 0.466 e. The van der Waals surface area contributed by atoms with E-state index in [-0.39, 0.29) is 30.3 Å². The van der Waals surface area contributed by atoms with Crippen LogP contribution in [0.2, 0.25) is 5.02 Å². The van der Waals surface area contributed by atoms with Crippen LogP contribution in [0.4, 0.5) is 0 Å². The SMILES string of the molecule is CCOC(=O)C1CCN(C(=O)C2COC3(CCCCC3)N2C(=O)c2cccc(Cl)c2)CC1. The summed E-state index contributed by atoms with van der Waals surface area (Å²) in [5.74, 6) is -0.688. The number of amides is 2. The maximum atomic E-state index is 13.6. The van der Waals surface area contributed by atoms with Gasteiger partial charge in [0.05, 0.1) is 19.1 Å². The minimum Gasteiger partial charge on any atom is -0.466 e. The zero-order valence-electron chi connectivity index (χ0n) is 18.6. The molecule has 0 radical (unpaired) electrons. The monoisotopic (exact) mass is 462 g/mol. The molecule has 1 unspecified atom stereocenters. The summed E-state index contributed by atoms with van der Waals surface area (Å²) in [5.41, 5.74) is -0.270. The molecule has 1 aromatic carbocycles. The Kier molecular flexibility index (Phi) is 7.05. The molecular weight excluding hydrogens is 432 g/mol. The number of carbonyl (C=O) groups is 3. The first-order valence-electron chi connectivity index (χ1n) is 11.6. The summed E-state index contributed by atoms with van der Waals surface area (Å²) >= 11 is 6.14. The number of esters is 1. The highest BCUT2D eigenvalue weighted by Gasteiger charge is 2.53. The molecule has 8 heteroatoms. The van der Waals surface area contributed by atoms with Gasteiger partial charge in [-0.25, -0.2) is 0 Å². The predicted octanol–water partition coefficient (Wildman–Crippen LogP) is 3.64. The van der Waals surface area contributed by atoms with E-state index in [9.17, 15) is 14.4 Å². The standard InChI is InChI=1S/C24H31ClN2O5/c1-2-31-23(30)17-9-13-26(14-10-17)22(29)20-16-32-24(11-4-3-5-12-24)27(20)21(28)18-7-6-8-19(25)15-18/h6-8,15,17,20H,2-5,9-14,16H2,1H3. The molecule has 1 atom stereocenters. The van der Waals surface area contributed by atoms with Crippen molar-refractivity contribution in [2.45, 2.75) is 63.6 Å². The van der Waals surface area contributed by atoms with E-state index in [1.165, 1.54) is 0 Å². The summed E-state index contributed by atoms with van der Waals surface area (Å²) in [7, 11) is 0. The average molecular weight is 463 g/mol. The number of benzene rings is 1. The summed E-state index contributed by atoms with van der Waals surface area (Å²) in [4.78, 5) is 42.7. The van der Waals surface area contributed by atoms with Crippen LogP contribution in [0.1, 0.15) is 62.2 Å². The van der Waals surface area contributed by atoms with E-state index in [0.717, 1.165) is 32.1 Å². The zero-order chi connectivity index (χ0) is 22.7. The van der Waals surface area contributed by atoms with Gasteiger partial charge in [0.25, 0.3) is 5.91 Å². The normalized spacial score (nSPS) is 23.4. The topological polar surface area (TPSA) is 76.2 Å². The Labute approximate surface area is 194 Å². The fourth-order valence-corrected chi connectivity index (χ4v) is 5.42. The van der Waals surface area contributed by atoms with Crippen LogP contribution in [-0.4, -0.2) is 65.7 Å². The van der Waals surface area contributed by atoms with Gasteiger partial charge in [-0.3, -0.25) is 19.3 Å². The summed E-state index contributed by atoms with van der Waals surface area (Å²) in [6.07, 6.45) is 5.64. The van der Waals surface area contributed by atoms with Crippen molar-refractivity contribution >= 4 is 29.4 Å². The lowest BCUT2D eigenvalue weighted by Crippen LogP contribution is -2.57. The van der Waals surface area contributed by atoms with Gasteiger partial charge in [-0.05, 0) is 63.6 Å². The number of rotatable bonds is 4. The summed E-state index contributed by atoms with van der Waals surface area (Å²) in [5, 5.41) is 0.484. The lowest BCUT2D eigenvalue weighted by Gasteiger charge is -2.42. The van der Waals surface area contributed by atoms with Crippen molar-refractivity contribution in [2.75, 3.05) is 26.3 Å². The molecule has 1 spiro atoms. The van der Waals surface area contributed by atoms with Crippen molar-refractivity contribution in [3.05, 3.63) is 34.9 Å². The molecule has 4 rings (SSSR count). The Balaban J connectivity index is 1.53. The third-order valence-electron chi connectivity index (χ3n) is 6.90. The molecular formula is C24H31ClN2O5. The molecule has 7 nitrogen and oxygen atoms in total. The van der Waals surface area contributed by atoms with E-state index in [1.807, 2.05) is 0 Å². The number of carbonyl (C=O) groups excluding carboxylic acids is 3. The van der Waals surface area contributed by atoms with Crippen molar-refractivity contribution < 1.29 is 23.9 Å². The maximum absolute atomic E-state index is 13.6. The van der Waals surface area contributed by atoms with Gasteiger partial charge in [0, 0.05) is 23.7 Å². The Morgan fingerprint density at radius 3 is 2.53 bits per heavy atom. The van der Waals surface area contributed by atoms with Crippen LogP contribution in [-0.2, 0) is 19.1 Å². The quantitative estimate of drug-likeness (QED) is 0.638. The van der Waals surface area contributed by atoms with Crippen LogP contribution in [0, 0.1) is 5.92 Å². The van der Waals surface area contributed by atoms with E-state index in [2.05, 4.69) is 0 Å². The molecule has 2 heterocycles. The molecule has 32 heavy (non-hydrogen) atoms. The first-order valence-corrected chi connectivity index (χ1v) is 12.0. The third kappa shape index (κ3) is 4.50. The molecule has 2 saturated heterocycles. The van der Waals surface area contributed by atoms with Crippen LogP contribution in [0.15, 0.2) is 24.3 Å². The summed E-state index contributed by atoms with van der Waals surface area (Å²) in [6.45, 7) is 3.31. The predicted molar refractivity (Wildman–Crippen MR) is 119 cm³/mol. The summed E-state index contributed by atoms with van der Waals surface area (Å²) in [6, 6.07) is 6.18. The van der Waals surface area contributed by atoms with Gasteiger partial charge in [-0.2, -0.15) is 0 Å². The van der Waals surface area contributed by atoms with Crippen LogP contribution >= 0.6 is 11.6 Å². The smallest absolute Gasteiger partial charge is 0.309 e. The Morgan fingerprint density at radius 2 is 1.88 bits per heavy atom. The van der Waals surface area contributed by atoms with E-state index in [1.54, 1.807) is 41.0 Å². The van der Waals surface area contributed by atoms with E-state index >= 15 is 0 Å². The molecule has 2 aliphatic heterocycles. The van der Waals surface area contributed by atoms with Crippen LogP contribution in [0.5, 0.6) is 0 Å². The second kappa shape index (κ2) is 9.79. The van der Waals surface area contributed by atoms with Gasteiger partial charge in [-0.15, -0.1) is 0 Å². The lowest BCUT2D eigenvalue weighted by molar-refractivity contribution is -0.151. The number of likely N-dealkylation sites (tertiary alicyclic amines) is 1. The van der Waals surface area contributed by atoms with Crippen LogP contribution < -0.4 is 0 Å². The molecule has 174 valence electrons. The van der Waals surface area contributed by atoms with Gasteiger partial charge in [0.15, 0.2) is 0 Å². The molecule has 2 amide bonds. The van der Waals surface area contributed by atoms with E-state index in [0.29, 0.717) is 43.1 Å². The van der Waals surface area contributed by atoms with Gasteiger partial charge in [0.2, 0.25) is 5.91 Å². The van der Waals surface area contributed by atoms with E-state index in [4.69, 9.17) is 21.1 Å². The fraction of sp³-hybridized carbons (Fsp3) is 0.625. The number of nitrogens with zero attached hydrogens (tertiary/aromatic N) is 2. The van der Waals surface area contributed by atoms with Gasteiger partial charge in [0.1, 0.15) is 11.8 Å². The van der Waals surface area contributed by atoms with Crippen molar-refractivity contribution in [3.8, 4) is 0 Å². The van der Waals surface area contributed by atoms with Gasteiger partial charge >= 0.3 is 5.97 Å². The number of hydrogen-bond donors (Lipinski definition) is 0. The molecule has 1 aromatic rings. The second-order valence-corrected chi connectivity index (χ2v) is 9.31.